The van der Waals surface area contributed by atoms with Crippen LogP contribution in [0.15, 0.2) is 30.3 Å². The number of nitrogen functional groups attached to an aromatic ring is 1. The molecule has 128 valence electrons. The molecular formula is C18H17N3O3S. The lowest BCUT2D eigenvalue weighted by atomic mass is 10.1. The smallest absolute Gasteiger partial charge is 0.267 e. The minimum Gasteiger partial charge on any atom is -0.397 e. The van der Waals surface area contributed by atoms with Crippen molar-refractivity contribution in [1.29, 1.82) is 0 Å². The zero-order valence-electron chi connectivity index (χ0n) is 13.8. The minimum absolute atomic E-state index is 0.0374. The van der Waals surface area contributed by atoms with Crippen molar-refractivity contribution in [2.24, 2.45) is 0 Å². The number of rotatable bonds is 4. The van der Waals surface area contributed by atoms with E-state index in [1.807, 2.05) is 6.92 Å². The fourth-order valence-corrected chi connectivity index (χ4v) is 3.69. The van der Waals surface area contributed by atoms with E-state index in [0.29, 0.717) is 37.6 Å². The van der Waals surface area contributed by atoms with E-state index in [2.05, 4.69) is 10.3 Å². The van der Waals surface area contributed by atoms with E-state index < -0.39 is 0 Å². The predicted molar refractivity (Wildman–Crippen MR) is 99.1 cm³/mol. The number of nitrogens with zero attached hydrogens (tertiary/aromatic N) is 1. The molecule has 0 saturated heterocycles. The van der Waals surface area contributed by atoms with Gasteiger partial charge in [0.05, 0.1) is 12.3 Å². The van der Waals surface area contributed by atoms with Crippen LogP contribution in [0, 0.1) is 6.92 Å². The van der Waals surface area contributed by atoms with Crippen molar-refractivity contribution < 1.29 is 14.7 Å². The molecule has 25 heavy (non-hydrogen) atoms. The molecule has 0 radical (unpaired) electrons. The fourth-order valence-electron chi connectivity index (χ4n) is 2.61. The van der Waals surface area contributed by atoms with Gasteiger partial charge in [0.1, 0.15) is 9.71 Å². The number of aliphatic hydroxyl groups is 1. The van der Waals surface area contributed by atoms with Crippen LogP contribution in [-0.2, 0) is 6.61 Å². The molecule has 7 heteroatoms. The Hall–Kier alpha value is -2.77. The zero-order chi connectivity index (χ0) is 18.1. The standard InChI is InChI=1S/C18H17N3O3S/c1-9-7-12(8-22)14-15(19)16(25-18(14)20-9)17(24)21-13-5-3-11(4-6-13)10(2)23/h3-7,22H,8,19H2,1-2H3,(H,21,24). The Balaban J connectivity index is 1.94. The third-order valence-electron chi connectivity index (χ3n) is 3.83. The second-order valence-corrected chi connectivity index (χ2v) is 6.69. The molecule has 0 aliphatic heterocycles. The second kappa shape index (κ2) is 6.62. The number of amides is 1. The number of ketones is 1. The van der Waals surface area contributed by atoms with Gasteiger partial charge in [0.15, 0.2) is 5.78 Å². The average molecular weight is 355 g/mol. The van der Waals surface area contributed by atoms with Crippen molar-refractivity contribution in [1.82, 2.24) is 4.98 Å². The third kappa shape index (κ3) is 3.24. The van der Waals surface area contributed by atoms with Gasteiger partial charge in [-0.2, -0.15) is 0 Å². The summed E-state index contributed by atoms with van der Waals surface area (Å²) in [6.45, 7) is 3.14. The van der Waals surface area contributed by atoms with Gasteiger partial charge in [-0.05, 0) is 49.7 Å². The van der Waals surface area contributed by atoms with E-state index in [0.717, 1.165) is 5.69 Å². The lowest BCUT2D eigenvalue weighted by Crippen LogP contribution is -2.12. The molecular weight excluding hydrogens is 338 g/mol. The number of pyridine rings is 1. The molecule has 3 rings (SSSR count). The SMILES string of the molecule is CC(=O)c1ccc(NC(=O)c2sc3nc(C)cc(CO)c3c2N)cc1. The monoisotopic (exact) mass is 355 g/mol. The number of hydrogen-bond donors (Lipinski definition) is 3. The number of aryl methyl sites for hydroxylation is 1. The number of aliphatic hydroxyl groups excluding tert-OH is 1. The number of nitrogens with one attached hydrogen (secondary N) is 1. The molecule has 3 aromatic rings. The first-order valence-electron chi connectivity index (χ1n) is 7.62. The van der Waals surface area contributed by atoms with Crippen molar-refractivity contribution in [2.75, 3.05) is 11.1 Å². The van der Waals surface area contributed by atoms with Gasteiger partial charge < -0.3 is 16.2 Å². The number of nitrogens with two attached hydrogens (primary N) is 1. The largest absolute Gasteiger partial charge is 0.397 e. The first-order valence-corrected chi connectivity index (χ1v) is 8.44. The Labute approximate surface area is 148 Å². The number of carbonyl (C=O) groups is 2. The van der Waals surface area contributed by atoms with E-state index in [9.17, 15) is 14.7 Å². The topological polar surface area (TPSA) is 105 Å². The summed E-state index contributed by atoms with van der Waals surface area (Å²) in [4.78, 5) is 29.2. The molecule has 0 spiro atoms. The summed E-state index contributed by atoms with van der Waals surface area (Å²) >= 11 is 1.19. The Morgan fingerprint density at radius 1 is 1.28 bits per heavy atom. The summed E-state index contributed by atoms with van der Waals surface area (Å²) in [5, 5.41) is 12.9. The van der Waals surface area contributed by atoms with Crippen molar-refractivity contribution >= 4 is 44.6 Å². The first kappa shape index (κ1) is 17.1. The van der Waals surface area contributed by atoms with Crippen LogP contribution in [0.4, 0.5) is 11.4 Å². The lowest BCUT2D eigenvalue weighted by molar-refractivity contribution is 0.101. The third-order valence-corrected chi connectivity index (χ3v) is 4.93. The number of thiophene rings is 1. The van der Waals surface area contributed by atoms with Crippen molar-refractivity contribution in [3.8, 4) is 0 Å². The van der Waals surface area contributed by atoms with Crippen LogP contribution in [0.1, 0.15) is 38.2 Å². The number of aromatic nitrogens is 1. The minimum atomic E-state index is -0.349. The normalized spacial score (nSPS) is 10.8. The molecule has 2 heterocycles. The highest BCUT2D eigenvalue weighted by Gasteiger charge is 2.20. The maximum atomic E-state index is 12.6. The van der Waals surface area contributed by atoms with Crippen LogP contribution in [0.3, 0.4) is 0 Å². The lowest BCUT2D eigenvalue weighted by Gasteiger charge is -2.05. The number of carbonyl (C=O) groups excluding carboxylic acids is 2. The van der Waals surface area contributed by atoms with Crippen LogP contribution in [0.25, 0.3) is 10.2 Å². The van der Waals surface area contributed by atoms with E-state index >= 15 is 0 Å². The number of fused-ring (bicyclic) bond motifs is 1. The molecule has 0 aliphatic rings. The van der Waals surface area contributed by atoms with E-state index in [4.69, 9.17) is 5.73 Å². The highest BCUT2D eigenvalue weighted by molar-refractivity contribution is 7.21. The molecule has 6 nitrogen and oxygen atoms in total. The van der Waals surface area contributed by atoms with Gasteiger partial charge in [0.25, 0.3) is 5.91 Å². The maximum Gasteiger partial charge on any atom is 0.267 e. The predicted octanol–water partition coefficient (Wildman–Crippen LogP) is 3.13. The quantitative estimate of drug-likeness (QED) is 0.624. The molecule has 0 fully saturated rings. The maximum absolute atomic E-state index is 12.6. The van der Waals surface area contributed by atoms with Crippen LogP contribution in [-0.4, -0.2) is 21.8 Å². The van der Waals surface area contributed by atoms with Crippen molar-refractivity contribution in [3.63, 3.8) is 0 Å². The first-order chi connectivity index (χ1) is 11.9. The molecule has 2 aromatic heterocycles. The highest BCUT2D eigenvalue weighted by atomic mass is 32.1. The highest BCUT2D eigenvalue weighted by Crippen LogP contribution is 2.35. The van der Waals surface area contributed by atoms with E-state index in [-0.39, 0.29) is 18.3 Å². The molecule has 1 aromatic carbocycles. The molecule has 0 aliphatic carbocycles. The summed E-state index contributed by atoms with van der Waals surface area (Å²) in [6.07, 6.45) is 0. The summed E-state index contributed by atoms with van der Waals surface area (Å²) in [7, 11) is 0. The van der Waals surface area contributed by atoms with Crippen molar-refractivity contribution in [2.45, 2.75) is 20.5 Å². The van der Waals surface area contributed by atoms with E-state index in [1.165, 1.54) is 18.3 Å². The fraction of sp³-hybridized carbons (Fsp3) is 0.167. The Kier molecular flexibility index (Phi) is 4.52. The van der Waals surface area contributed by atoms with Gasteiger partial charge in [-0.3, -0.25) is 9.59 Å². The number of hydrogen-bond acceptors (Lipinski definition) is 6. The van der Waals surface area contributed by atoms with Crippen LogP contribution >= 0.6 is 11.3 Å². The van der Waals surface area contributed by atoms with Crippen molar-refractivity contribution in [3.05, 3.63) is 52.0 Å². The number of benzene rings is 1. The molecule has 4 N–H and O–H groups in total. The molecule has 0 saturated carbocycles. The van der Waals surface area contributed by atoms with Gasteiger partial charge in [-0.1, -0.05) is 0 Å². The summed E-state index contributed by atoms with van der Waals surface area (Å²) in [6, 6.07) is 8.40. The summed E-state index contributed by atoms with van der Waals surface area (Å²) < 4.78 is 0. The number of Topliss-reactive ketones (excluding diaryl/α,β-unsaturated/α-hetero) is 1. The second-order valence-electron chi connectivity index (χ2n) is 5.69. The van der Waals surface area contributed by atoms with Gasteiger partial charge >= 0.3 is 0 Å². The zero-order valence-corrected chi connectivity index (χ0v) is 14.6. The molecule has 0 bridgehead atoms. The average Bonchev–Trinajstić information content (AvgIpc) is 2.91. The Bertz CT molecular complexity index is 977. The van der Waals surface area contributed by atoms with Gasteiger partial charge in [-0.15, -0.1) is 11.3 Å². The number of anilines is 2. The van der Waals surface area contributed by atoms with Crippen LogP contribution < -0.4 is 11.1 Å². The molecule has 1 amide bonds. The van der Waals surface area contributed by atoms with Gasteiger partial charge in [0.2, 0.25) is 0 Å². The van der Waals surface area contributed by atoms with Crippen LogP contribution in [0.2, 0.25) is 0 Å². The molecule has 0 unspecified atom stereocenters. The van der Waals surface area contributed by atoms with Gasteiger partial charge in [0, 0.05) is 22.3 Å². The van der Waals surface area contributed by atoms with Crippen LogP contribution in [0.5, 0.6) is 0 Å². The summed E-state index contributed by atoms with van der Waals surface area (Å²) in [5.41, 5.74) is 9.00. The molecule has 0 atom stereocenters. The summed E-state index contributed by atoms with van der Waals surface area (Å²) in [5.74, 6) is -0.387. The van der Waals surface area contributed by atoms with E-state index in [1.54, 1.807) is 30.3 Å². The van der Waals surface area contributed by atoms with Gasteiger partial charge in [-0.25, -0.2) is 4.98 Å². The Morgan fingerprint density at radius 3 is 2.56 bits per heavy atom. The Morgan fingerprint density at radius 2 is 1.96 bits per heavy atom.